The van der Waals surface area contributed by atoms with Gasteiger partial charge >= 0.3 is 17.9 Å². The van der Waals surface area contributed by atoms with Crippen LogP contribution < -0.4 is 0 Å². The second-order valence-corrected chi connectivity index (χ2v) is 6.63. The molecule has 0 unspecified atom stereocenters. The van der Waals surface area contributed by atoms with E-state index < -0.39 is 17.4 Å². The van der Waals surface area contributed by atoms with Crippen LogP contribution in [0.2, 0.25) is 0 Å². The van der Waals surface area contributed by atoms with E-state index in [4.69, 9.17) is 14.2 Å². The summed E-state index contributed by atoms with van der Waals surface area (Å²) < 4.78 is 15.4. The van der Waals surface area contributed by atoms with Crippen LogP contribution in [0.5, 0.6) is 0 Å². The number of methoxy groups -OCH3 is 2. The van der Waals surface area contributed by atoms with Crippen molar-refractivity contribution in [1.29, 1.82) is 0 Å². The molecule has 0 aromatic rings. The zero-order chi connectivity index (χ0) is 15.9. The van der Waals surface area contributed by atoms with Crippen molar-refractivity contribution in [3.8, 4) is 0 Å². The molecule has 1 aliphatic heterocycles. The van der Waals surface area contributed by atoms with Crippen molar-refractivity contribution in [3.05, 3.63) is 0 Å². The molecule has 3 rings (SSSR count). The number of esters is 3. The molecule has 122 valence electrons. The molecule has 0 aromatic carbocycles. The third-order valence-electron chi connectivity index (χ3n) is 5.75. The fourth-order valence-electron chi connectivity index (χ4n) is 4.86. The van der Waals surface area contributed by atoms with E-state index in [-0.39, 0.29) is 29.8 Å². The SMILES string of the molecule is COC(=O)C1(C(=O)OC)CC[C@H]2CCC[C@H]3CC(=O)O[C@@H]3[C@H]21. The molecule has 4 atom stereocenters. The first-order chi connectivity index (χ1) is 10.5. The summed E-state index contributed by atoms with van der Waals surface area (Å²) in [5.74, 6) is -1.39. The molecule has 2 aliphatic carbocycles. The number of fused-ring (bicyclic) bond motifs is 3. The van der Waals surface area contributed by atoms with Crippen LogP contribution in [-0.4, -0.2) is 38.2 Å². The summed E-state index contributed by atoms with van der Waals surface area (Å²) in [4.78, 5) is 36.8. The van der Waals surface area contributed by atoms with Crippen LogP contribution in [0.25, 0.3) is 0 Å². The van der Waals surface area contributed by atoms with E-state index in [9.17, 15) is 14.4 Å². The fraction of sp³-hybridized carbons (Fsp3) is 0.812. The molecule has 22 heavy (non-hydrogen) atoms. The summed E-state index contributed by atoms with van der Waals surface area (Å²) >= 11 is 0. The Morgan fingerprint density at radius 3 is 2.36 bits per heavy atom. The van der Waals surface area contributed by atoms with Crippen LogP contribution in [0.15, 0.2) is 0 Å². The minimum absolute atomic E-state index is 0.0919. The van der Waals surface area contributed by atoms with E-state index in [0.717, 1.165) is 25.7 Å². The Morgan fingerprint density at radius 2 is 1.73 bits per heavy atom. The number of carbonyl (C=O) groups excluding carboxylic acids is 3. The summed E-state index contributed by atoms with van der Waals surface area (Å²) in [5.41, 5.74) is -1.33. The van der Waals surface area contributed by atoms with Gasteiger partial charge in [-0.2, -0.15) is 0 Å². The van der Waals surface area contributed by atoms with Crippen LogP contribution in [0.4, 0.5) is 0 Å². The highest BCUT2D eigenvalue weighted by Gasteiger charge is 2.65. The van der Waals surface area contributed by atoms with Gasteiger partial charge in [-0.3, -0.25) is 14.4 Å². The van der Waals surface area contributed by atoms with Gasteiger partial charge in [0.2, 0.25) is 0 Å². The Kier molecular flexibility index (Phi) is 3.87. The van der Waals surface area contributed by atoms with Gasteiger partial charge in [0.05, 0.1) is 20.6 Å². The maximum atomic E-state index is 12.5. The molecule has 0 N–H and O–H groups in total. The summed E-state index contributed by atoms with van der Waals surface area (Å²) in [6, 6.07) is 0. The summed E-state index contributed by atoms with van der Waals surface area (Å²) in [5, 5.41) is 0. The van der Waals surface area contributed by atoms with Crippen LogP contribution in [0, 0.1) is 23.2 Å². The van der Waals surface area contributed by atoms with E-state index in [0.29, 0.717) is 12.8 Å². The van der Waals surface area contributed by atoms with Crippen molar-refractivity contribution in [3.63, 3.8) is 0 Å². The van der Waals surface area contributed by atoms with Crippen molar-refractivity contribution in [2.45, 2.75) is 44.6 Å². The molecule has 2 saturated carbocycles. The molecule has 0 spiro atoms. The molecule has 3 fully saturated rings. The predicted molar refractivity (Wildman–Crippen MR) is 74.5 cm³/mol. The van der Waals surface area contributed by atoms with E-state index in [1.54, 1.807) is 0 Å². The van der Waals surface area contributed by atoms with Gasteiger partial charge in [0, 0.05) is 11.8 Å². The van der Waals surface area contributed by atoms with Crippen molar-refractivity contribution >= 4 is 17.9 Å². The average Bonchev–Trinajstić information content (AvgIpc) is 3.02. The lowest BCUT2D eigenvalue weighted by Crippen LogP contribution is -2.50. The first kappa shape index (κ1) is 15.3. The minimum atomic E-state index is -1.33. The molecule has 1 saturated heterocycles. The number of carbonyl (C=O) groups is 3. The van der Waals surface area contributed by atoms with Crippen LogP contribution in [0.1, 0.15) is 38.5 Å². The molecule has 6 nitrogen and oxygen atoms in total. The van der Waals surface area contributed by atoms with Crippen molar-refractivity contribution in [2.24, 2.45) is 23.2 Å². The second kappa shape index (κ2) is 5.56. The van der Waals surface area contributed by atoms with E-state index in [2.05, 4.69) is 0 Å². The zero-order valence-electron chi connectivity index (χ0n) is 13.0. The molecule has 0 amide bonds. The van der Waals surface area contributed by atoms with Gasteiger partial charge in [-0.15, -0.1) is 0 Å². The third kappa shape index (κ3) is 2.03. The quantitative estimate of drug-likeness (QED) is 0.436. The first-order valence-corrected chi connectivity index (χ1v) is 7.91. The van der Waals surface area contributed by atoms with Crippen molar-refractivity contribution in [2.75, 3.05) is 14.2 Å². The minimum Gasteiger partial charge on any atom is -0.468 e. The maximum absolute atomic E-state index is 12.5. The van der Waals surface area contributed by atoms with Crippen molar-refractivity contribution in [1.82, 2.24) is 0 Å². The fourth-order valence-corrected chi connectivity index (χ4v) is 4.86. The molecule has 0 bridgehead atoms. The van der Waals surface area contributed by atoms with E-state index in [1.165, 1.54) is 14.2 Å². The molecule has 6 heteroatoms. The Bertz CT molecular complexity index is 483. The lowest BCUT2D eigenvalue weighted by Gasteiger charge is -2.36. The van der Waals surface area contributed by atoms with Crippen LogP contribution in [-0.2, 0) is 28.6 Å². The zero-order valence-corrected chi connectivity index (χ0v) is 13.0. The Morgan fingerprint density at radius 1 is 1.09 bits per heavy atom. The molecular formula is C16H22O6. The lowest BCUT2D eigenvalue weighted by molar-refractivity contribution is -0.179. The Balaban J connectivity index is 2.05. The summed E-state index contributed by atoms with van der Waals surface area (Å²) in [6.45, 7) is 0. The van der Waals surface area contributed by atoms with Gasteiger partial charge < -0.3 is 14.2 Å². The van der Waals surface area contributed by atoms with Gasteiger partial charge in [-0.05, 0) is 31.6 Å². The summed E-state index contributed by atoms with van der Waals surface area (Å²) in [6.07, 6.45) is 4.02. The van der Waals surface area contributed by atoms with E-state index >= 15 is 0 Å². The van der Waals surface area contributed by atoms with Crippen LogP contribution in [0.3, 0.4) is 0 Å². The van der Waals surface area contributed by atoms with E-state index in [1.807, 2.05) is 0 Å². The van der Waals surface area contributed by atoms with Gasteiger partial charge in [0.1, 0.15) is 6.10 Å². The summed E-state index contributed by atoms with van der Waals surface area (Å²) in [7, 11) is 2.57. The second-order valence-electron chi connectivity index (χ2n) is 6.63. The highest BCUT2D eigenvalue weighted by molar-refractivity contribution is 6.01. The highest BCUT2D eigenvalue weighted by atomic mass is 16.6. The third-order valence-corrected chi connectivity index (χ3v) is 5.75. The van der Waals surface area contributed by atoms with Gasteiger partial charge in [0.25, 0.3) is 0 Å². The number of ether oxygens (including phenoxy) is 3. The number of hydrogen-bond acceptors (Lipinski definition) is 6. The normalized spacial score (nSPS) is 35.8. The maximum Gasteiger partial charge on any atom is 0.323 e. The largest absolute Gasteiger partial charge is 0.468 e. The van der Waals surface area contributed by atoms with Gasteiger partial charge in [0.15, 0.2) is 5.41 Å². The monoisotopic (exact) mass is 310 g/mol. The van der Waals surface area contributed by atoms with Crippen molar-refractivity contribution < 1.29 is 28.6 Å². The Labute approximate surface area is 129 Å². The first-order valence-electron chi connectivity index (χ1n) is 7.91. The van der Waals surface area contributed by atoms with Gasteiger partial charge in [-0.25, -0.2) is 0 Å². The average molecular weight is 310 g/mol. The molecule has 3 aliphatic rings. The van der Waals surface area contributed by atoms with Crippen LogP contribution >= 0.6 is 0 Å². The molecule has 0 radical (unpaired) electrons. The topological polar surface area (TPSA) is 78.9 Å². The number of hydrogen-bond donors (Lipinski definition) is 0. The lowest BCUT2D eigenvalue weighted by atomic mass is 9.70. The molecule has 0 aromatic heterocycles. The standard InChI is InChI=1S/C16H22O6/c1-20-14(18)16(15(19)21-2)7-6-9-4-3-5-10-8-11(17)22-13(10)12(9)16/h9-10,12-13H,3-8H2,1-2H3/t9-,10+,12+,13+/m1/s1. The molecular weight excluding hydrogens is 288 g/mol. The number of rotatable bonds is 2. The molecule has 1 heterocycles. The predicted octanol–water partition coefficient (Wildman–Crippen LogP) is 1.46. The Hall–Kier alpha value is -1.59. The smallest absolute Gasteiger partial charge is 0.323 e. The van der Waals surface area contributed by atoms with Gasteiger partial charge in [-0.1, -0.05) is 6.42 Å². The highest BCUT2D eigenvalue weighted by Crippen LogP contribution is 2.57.